The van der Waals surface area contributed by atoms with Crippen molar-refractivity contribution >= 4 is 29.3 Å². The van der Waals surface area contributed by atoms with Crippen LogP contribution in [-0.4, -0.2) is 12.2 Å². The molecule has 0 aliphatic carbocycles. The van der Waals surface area contributed by atoms with E-state index in [-0.39, 0.29) is 18.3 Å². The minimum Gasteiger partial charge on any atom is -0.459 e. The maximum Gasteiger partial charge on any atom is 0.253 e. The van der Waals surface area contributed by atoms with Gasteiger partial charge in [-0.05, 0) is 60.9 Å². The fraction of sp³-hybridized carbons (Fsp3) is 0.105. The quantitative estimate of drug-likeness (QED) is 0.608. The Kier molecular flexibility index (Phi) is 5.46. The number of amides is 1. The Bertz CT molecular complexity index is 893. The molecule has 6 heteroatoms. The molecule has 0 spiro atoms. The summed E-state index contributed by atoms with van der Waals surface area (Å²) in [5.74, 6) is 0.657. The zero-order valence-corrected chi connectivity index (χ0v) is 15.0. The third-order valence-corrected chi connectivity index (χ3v) is 4.69. The minimum absolute atomic E-state index is 0.236. The van der Waals surface area contributed by atoms with Gasteiger partial charge in [0.2, 0.25) is 0 Å². The maximum atomic E-state index is 13.0. The normalized spacial score (nSPS) is 10.7. The standard InChI is InChI=1S/C19H15ClFNO2S/c1-25-15-7-8-17(20)16(10-15)19(23)22-11-14-6-9-18(24-14)12-2-4-13(21)5-3-12/h2-10H,11H2,1H3,(H,22,23). The average molecular weight is 376 g/mol. The van der Waals surface area contributed by atoms with Gasteiger partial charge >= 0.3 is 0 Å². The van der Waals surface area contributed by atoms with Crippen molar-refractivity contribution in [1.82, 2.24) is 5.32 Å². The SMILES string of the molecule is CSc1ccc(Cl)c(C(=O)NCc2ccc(-c3ccc(F)cc3)o2)c1. The van der Waals surface area contributed by atoms with Gasteiger partial charge in [0.05, 0.1) is 17.1 Å². The molecule has 0 aliphatic heterocycles. The van der Waals surface area contributed by atoms with Gasteiger partial charge in [-0.15, -0.1) is 11.8 Å². The van der Waals surface area contributed by atoms with Crippen molar-refractivity contribution in [3.05, 3.63) is 76.8 Å². The number of hydrogen-bond donors (Lipinski definition) is 1. The number of nitrogens with one attached hydrogen (secondary N) is 1. The second-order valence-electron chi connectivity index (χ2n) is 5.30. The van der Waals surface area contributed by atoms with Gasteiger partial charge in [0, 0.05) is 10.5 Å². The molecule has 3 rings (SSSR count). The number of thioether (sulfide) groups is 1. The highest BCUT2D eigenvalue weighted by Crippen LogP contribution is 2.24. The van der Waals surface area contributed by atoms with Crippen LogP contribution in [-0.2, 0) is 6.54 Å². The Balaban J connectivity index is 1.68. The minimum atomic E-state index is -0.299. The first kappa shape index (κ1) is 17.6. The van der Waals surface area contributed by atoms with Crippen LogP contribution in [0.1, 0.15) is 16.1 Å². The van der Waals surface area contributed by atoms with E-state index in [2.05, 4.69) is 5.32 Å². The van der Waals surface area contributed by atoms with Gasteiger partial charge in [-0.2, -0.15) is 0 Å². The second-order valence-corrected chi connectivity index (χ2v) is 6.59. The molecule has 0 bridgehead atoms. The molecule has 0 radical (unpaired) electrons. The Morgan fingerprint density at radius 1 is 1.16 bits per heavy atom. The second kappa shape index (κ2) is 7.76. The fourth-order valence-corrected chi connectivity index (χ4v) is 2.95. The highest BCUT2D eigenvalue weighted by Gasteiger charge is 2.12. The summed E-state index contributed by atoms with van der Waals surface area (Å²) >= 11 is 7.64. The topological polar surface area (TPSA) is 42.2 Å². The first-order valence-corrected chi connectivity index (χ1v) is 9.13. The number of carbonyl (C=O) groups excluding carboxylic acids is 1. The molecule has 0 saturated carbocycles. The molecule has 3 nitrogen and oxygen atoms in total. The summed E-state index contributed by atoms with van der Waals surface area (Å²) in [6.45, 7) is 0.236. The van der Waals surface area contributed by atoms with E-state index in [4.69, 9.17) is 16.0 Å². The van der Waals surface area contributed by atoms with Gasteiger partial charge in [-0.25, -0.2) is 4.39 Å². The molecule has 1 aromatic heterocycles. The summed E-state index contributed by atoms with van der Waals surface area (Å²) < 4.78 is 18.7. The lowest BCUT2D eigenvalue weighted by molar-refractivity contribution is 0.0948. The number of benzene rings is 2. The first-order valence-electron chi connectivity index (χ1n) is 7.53. The zero-order chi connectivity index (χ0) is 17.8. The summed E-state index contributed by atoms with van der Waals surface area (Å²) in [7, 11) is 0. The number of rotatable bonds is 5. The van der Waals surface area contributed by atoms with Crippen LogP contribution in [0.2, 0.25) is 5.02 Å². The summed E-state index contributed by atoms with van der Waals surface area (Å²) in [5, 5.41) is 3.20. The molecule has 1 amide bonds. The summed E-state index contributed by atoms with van der Waals surface area (Å²) in [5.41, 5.74) is 1.20. The largest absolute Gasteiger partial charge is 0.459 e. The smallest absolute Gasteiger partial charge is 0.253 e. The van der Waals surface area contributed by atoms with Crippen molar-refractivity contribution < 1.29 is 13.6 Å². The molecule has 128 valence electrons. The van der Waals surface area contributed by atoms with Gasteiger partial charge in [-0.1, -0.05) is 11.6 Å². The van der Waals surface area contributed by atoms with Crippen LogP contribution in [0.25, 0.3) is 11.3 Å². The van der Waals surface area contributed by atoms with E-state index in [0.717, 1.165) is 10.5 Å². The van der Waals surface area contributed by atoms with Crippen molar-refractivity contribution in [3.63, 3.8) is 0 Å². The van der Waals surface area contributed by atoms with Gasteiger partial charge in [0.1, 0.15) is 17.3 Å². The van der Waals surface area contributed by atoms with Crippen LogP contribution >= 0.6 is 23.4 Å². The Labute approximate surface area is 154 Å². The van der Waals surface area contributed by atoms with Crippen LogP contribution in [0.15, 0.2) is 63.9 Å². The van der Waals surface area contributed by atoms with E-state index in [0.29, 0.717) is 22.1 Å². The van der Waals surface area contributed by atoms with E-state index in [1.54, 1.807) is 48.2 Å². The molecular formula is C19H15ClFNO2S. The lowest BCUT2D eigenvalue weighted by atomic mass is 10.2. The highest BCUT2D eigenvalue weighted by atomic mass is 35.5. The Morgan fingerprint density at radius 2 is 1.92 bits per heavy atom. The summed E-state index contributed by atoms with van der Waals surface area (Å²) in [6, 6.07) is 14.9. The zero-order valence-electron chi connectivity index (χ0n) is 13.4. The molecule has 1 N–H and O–H groups in total. The molecule has 0 saturated heterocycles. The monoisotopic (exact) mass is 375 g/mol. The predicted octanol–water partition coefficient (Wildman–Crippen LogP) is 5.39. The van der Waals surface area contributed by atoms with Crippen LogP contribution in [0.3, 0.4) is 0 Å². The third kappa shape index (κ3) is 4.24. The molecule has 25 heavy (non-hydrogen) atoms. The van der Waals surface area contributed by atoms with Crippen molar-refractivity contribution in [2.75, 3.05) is 6.26 Å². The predicted molar refractivity (Wildman–Crippen MR) is 98.5 cm³/mol. The molecule has 3 aromatic rings. The number of furan rings is 1. The van der Waals surface area contributed by atoms with Crippen LogP contribution in [0.5, 0.6) is 0 Å². The van der Waals surface area contributed by atoms with Gasteiger partial charge in [-0.3, -0.25) is 4.79 Å². The first-order chi connectivity index (χ1) is 12.1. The molecule has 2 aromatic carbocycles. The van der Waals surface area contributed by atoms with Crippen molar-refractivity contribution in [1.29, 1.82) is 0 Å². The van der Waals surface area contributed by atoms with E-state index in [1.165, 1.54) is 12.1 Å². The van der Waals surface area contributed by atoms with E-state index in [9.17, 15) is 9.18 Å². The average Bonchev–Trinajstić information content (AvgIpc) is 3.09. The number of hydrogen-bond acceptors (Lipinski definition) is 3. The summed E-state index contributed by atoms with van der Waals surface area (Å²) in [4.78, 5) is 13.3. The third-order valence-electron chi connectivity index (χ3n) is 3.63. The van der Waals surface area contributed by atoms with Crippen molar-refractivity contribution in [3.8, 4) is 11.3 Å². The molecule has 0 unspecified atom stereocenters. The van der Waals surface area contributed by atoms with Gasteiger partial charge in [0.25, 0.3) is 5.91 Å². The van der Waals surface area contributed by atoms with Crippen LogP contribution in [0, 0.1) is 5.82 Å². The molecule has 0 fully saturated rings. The summed E-state index contributed by atoms with van der Waals surface area (Å²) in [6.07, 6.45) is 1.94. The lowest BCUT2D eigenvalue weighted by Crippen LogP contribution is -2.22. The molecular weight excluding hydrogens is 361 g/mol. The lowest BCUT2D eigenvalue weighted by Gasteiger charge is -2.07. The highest BCUT2D eigenvalue weighted by molar-refractivity contribution is 7.98. The molecule has 1 heterocycles. The van der Waals surface area contributed by atoms with E-state index in [1.807, 2.05) is 12.3 Å². The molecule has 0 atom stereocenters. The van der Waals surface area contributed by atoms with Crippen molar-refractivity contribution in [2.45, 2.75) is 11.4 Å². The fourth-order valence-electron chi connectivity index (χ4n) is 2.31. The van der Waals surface area contributed by atoms with Crippen LogP contribution < -0.4 is 5.32 Å². The van der Waals surface area contributed by atoms with Crippen LogP contribution in [0.4, 0.5) is 4.39 Å². The number of carbonyl (C=O) groups is 1. The number of halogens is 2. The maximum absolute atomic E-state index is 13.0. The van der Waals surface area contributed by atoms with E-state index >= 15 is 0 Å². The van der Waals surface area contributed by atoms with Gasteiger partial charge < -0.3 is 9.73 Å². The van der Waals surface area contributed by atoms with Crippen molar-refractivity contribution in [2.24, 2.45) is 0 Å². The molecule has 0 aliphatic rings. The van der Waals surface area contributed by atoms with E-state index < -0.39 is 0 Å². The Morgan fingerprint density at radius 3 is 2.64 bits per heavy atom. The Hall–Kier alpha value is -2.24. The van der Waals surface area contributed by atoms with Gasteiger partial charge in [0.15, 0.2) is 0 Å².